The van der Waals surface area contributed by atoms with Gasteiger partial charge in [0.15, 0.2) is 0 Å². The number of anilines is 3. The van der Waals surface area contributed by atoms with Crippen LogP contribution in [0, 0.1) is 0 Å². The van der Waals surface area contributed by atoms with Gasteiger partial charge in [0.05, 0.1) is 15.3 Å². The van der Waals surface area contributed by atoms with Crippen LogP contribution in [0.25, 0.3) is 54.9 Å². The molecular weight excluding hydrogens is 579 g/mol. The largest absolute Gasteiger partial charge is 0.310 e. The Morgan fingerprint density at radius 2 is 1.17 bits per heavy atom. The second-order valence-electron chi connectivity index (χ2n) is 12.8. The minimum atomic E-state index is -0.483. The smallest absolute Gasteiger partial charge is 0.0645 e. The lowest BCUT2D eigenvalue weighted by molar-refractivity contribution is 0.662. The number of rotatable bonds is 5. The van der Waals surface area contributed by atoms with Crippen LogP contribution < -0.4 is 4.90 Å². The van der Waals surface area contributed by atoms with Crippen LogP contribution in [-0.4, -0.2) is 0 Å². The monoisotopic (exact) mass is 620 g/mol. The molecule has 8 aromatic carbocycles. The second-order valence-corrected chi connectivity index (χ2v) is 12.8. The quantitative estimate of drug-likeness (QED) is 0.185. The number of fused-ring (bicyclic) bond motifs is 5. The highest BCUT2D eigenvalue weighted by atomic mass is 15.1. The van der Waals surface area contributed by atoms with Crippen molar-refractivity contribution in [1.82, 2.24) is 0 Å². The Hall–Kier alpha value is -5.92. The first-order chi connectivity index (χ1) is 26.5. The molecule has 48 heavy (non-hydrogen) atoms. The summed E-state index contributed by atoms with van der Waals surface area (Å²) in [6.45, 7) is 4.52. The predicted molar refractivity (Wildman–Crippen MR) is 205 cm³/mol. The van der Waals surface area contributed by atoms with Crippen molar-refractivity contribution in [3.63, 3.8) is 0 Å². The van der Waals surface area contributed by atoms with E-state index in [1.807, 2.05) is 66.7 Å². The molecule has 0 fully saturated rings. The van der Waals surface area contributed by atoms with E-state index in [9.17, 15) is 1.37 Å². The van der Waals surface area contributed by atoms with Crippen LogP contribution >= 0.6 is 0 Å². The topological polar surface area (TPSA) is 3.24 Å². The van der Waals surface area contributed by atoms with Crippen LogP contribution in [-0.2, 0) is 5.41 Å². The van der Waals surface area contributed by atoms with Gasteiger partial charge >= 0.3 is 0 Å². The third-order valence-corrected chi connectivity index (χ3v) is 9.74. The van der Waals surface area contributed by atoms with E-state index in [0.29, 0.717) is 11.4 Å². The summed E-state index contributed by atoms with van der Waals surface area (Å²) in [4.78, 5) is 1.80. The second kappa shape index (κ2) is 11.1. The molecule has 8 aromatic rings. The van der Waals surface area contributed by atoms with Gasteiger partial charge in [-0.1, -0.05) is 159 Å². The summed E-state index contributed by atoms with van der Waals surface area (Å²) >= 11 is 0. The molecule has 9 rings (SSSR count). The van der Waals surface area contributed by atoms with E-state index in [1.165, 1.54) is 22.3 Å². The standard InChI is InChI=1S/C47H35N/c1-47(2)44-25-8-7-21-42(44)43-24-12-23-41(46(43)47)34-27-29-36(30-28-34)48(45-26-11-16-33-14-4-6-20-40(33)45)37-18-9-17-35(31-37)39-22-10-15-32-13-3-5-19-38(32)39/h3-31H,1-2H3/i4D,6D,11D,14D,16D,20D,26D. The molecular formula is C47H35N. The van der Waals surface area contributed by atoms with E-state index in [2.05, 4.69) is 80.6 Å². The minimum absolute atomic E-state index is 0.0250. The molecule has 1 aliphatic rings. The van der Waals surface area contributed by atoms with Gasteiger partial charge in [0.2, 0.25) is 0 Å². The molecule has 0 saturated carbocycles. The fourth-order valence-electron chi connectivity index (χ4n) is 7.54. The normalized spacial score (nSPS) is 15.0. The first kappa shape index (κ1) is 21.8. The van der Waals surface area contributed by atoms with Crippen LogP contribution in [0.1, 0.15) is 34.6 Å². The van der Waals surface area contributed by atoms with Crippen LogP contribution in [0.4, 0.5) is 17.1 Å². The molecule has 1 heteroatoms. The lowest BCUT2D eigenvalue weighted by atomic mass is 9.79. The van der Waals surface area contributed by atoms with Crippen LogP contribution in [0.2, 0.25) is 0 Å². The zero-order chi connectivity index (χ0) is 38.3. The van der Waals surface area contributed by atoms with Gasteiger partial charge in [0.1, 0.15) is 0 Å². The maximum Gasteiger partial charge on any atom is 0.0645 e. The summed E-state index contributed by atoms with van der Waals surface area (Å²) in [5.41, 5.74) is 10.2. The molecule has 228 valence electrons. The third kappa shape index (κ3) is 4.47. The van der Waals surface area contributed by atoms with Crippen molar-refractivity contribution in [3.05, 3.63) is 187 Å². The molecule has 1 nitrogen and oxygen atoms in total. The zero-order valence-corrected chi connectivity index (χ0v) is 26.6. The Kier molecular flexibility index (Phi) is 5.04. The van der Waals surface area contributed by atoms with Crippen LogP contribution in [0.3, 0.4) is 0 Å². The Labute approximate surface area is 292 Å². The van der Waals surface area contributed by atoms with Gasteiger partial charge in [-0.05, 0) is 91.0 Å². The Bertz CT molecular complexity index is 2870. The maximum atomic E-state index is 9.33. The van der Waals surface area contributed by atoms with E-state index in [-0.39, 0.29) is 34.0 Å². The first-order valence-corrected chi connectivity index (χ1v) is 16.2. The molecule has 0 radical (unpaired) electrons. The van der Waals surface area contributed by atoms with E-state index in [1.54, 1.807) is 4.90 Å². The molecule has 0 heterocycles. The molecule has 1 aliphatic carbocycles. The number of nitrogens with zero attached hydrogens (tertiary/aromatic N) is 1. The lowest BCUT2D eigenvalue weighted by Crippen LogP contribution is -2.16. The SMILES string of the molecule is [2H]c1c([2H])c([2H])c2c(N(c3ccc(-c4cccc5c4C(C)(C)c4ccccc4-5)cc3)c3cccc(-c4cccc5ccccc45)c3)c([2H])c([2H])c([2H])c2c1[2H]. The van der Waals surface area contributed by atoms with Gasteiger partial charge in [-0.2, -0.15) is 0 Å². The summed E-state index contributed by atoms with van der Waals surface area (Å²) in [6, 6.07) is 42.4. The molecule has 0 N–H and O–H groups in total. The Morgan fingerprint density at radius 1 is 0.479 bits per heavy atom. The highest BCUT2D eigenvalue weighted by Gasteiger charge is 2.37. The molecule has 0 amide bonds. The van der Waals surface area contributed by atoms with Gasteiger partial charge in [-0.3, -0.25) is 0 Å². The number of hydrogen-bond acceptors (Lipinski definition) is 1. The lowest BCUT2D eigenvalue weighted by Gasteiger charge is -2.28. The molecule has 0 spiro atoms. The molecule has 0 bridgehead atoms. The molecule has 0 atom stereocenters. The van der Waals surface area contributed by atoms with E-state index < -0.39 is 30.2 Å². The number of hydrogen-bond donors (Lipinski definition) is 0. The maximum absolute atomic E-state index is 9.33. The average molecular weight is 621 g/mol. The molecule has 0 aromatic heterocycles. The van der Waals surface area contributed by atoms with Crippen molar-refractivity contribution in [2.24, 2.45) is 0 Å². The van der Waals surface area contributed by atoms with Crippen molar-refractivity contribution in [1.29, 1.82) is 0 Å². The Morgan fingerprint density at radius 3 is 2.08 bits per heavy atom. The van der Waals surface area contributed by atoms with Crippen LogP contribution in [0.15, 0.2) is 176 Å². The predicted octanol–water partition coefficient (Wildman–Crippen LogP) is 13.1. The van der Waals surface area contributed by atoms with Gasteiger partial charge < -0.3 is 4.90 Å². The minimum Gasteiger partial charge on any atom is -0.310 e. The van der Waals surface area contributed by atoms with Crippen molar-refractivity contribution in [2.75, 3.05) is 4.90 Å². The fourth-order valence-corrected chi connectivity index (χ4v) is 7.54. The Balaban J connectivity index is 1.29. The summed E-state index contributed by atoms with van der Waals surface area (Å²) in [6.07, 6.45) is 0. The summed E-state index contributed by atoms with van der Waals surface area (Å²) in [5, 5.41) is 2.11. The average Bonchev–Trinajstić information content (AvgIpc) is 3.45. The summed E-state index contributed by atoms with van der Waals surface area (Å²) in [7, 11) is 0. The van der Waals surface area contributed by atoms with Gasteiger partial charge in [0.25, 0.3) is 0 Å². The highest BCUT2D eigenvalue weighted by molar-refractivity contribution is 6.01. The fraction of sp³-hybridized carbons (Fsp3) is 0.0638. The van der Waals surface area contributed by atoms with Gasteiger partial charge in [-0.15, -0.1) is 0 Å². The van der Waals surface area contributed by atoms with Gasteiger partial charge in [-0.25, -0.2) is 0 Å². The van der Waals surface area contributed by atoms with Crippen molar-refractivity contribution < 1.29 is 9.60 Å². The molecule has 0 unspecified atom stereocenters. The first-order valence-electron chi connectivity index (χ1n) is 19.7. The number of benzene rings is 8. The summed E-state index contributed by atoms with van der Waals surface area (Å²) < 4.78 is 61.9. The van der Waals surface area contributed by atoms with Crippen LogP contribution in [0.5, 0.6) is 0 Å². The van der Waals surface area contributed by atoms with Gasteiger partial charge in [0, 0.05) is 22.2 Å². The zero-order valence-electron chi connectivity index (χ0n) is 33.6. The third-order valence-electron chi connectivity index (χ3n) is 9.74. The van der Waals surface area contributed by atoms with Crippen molar-refractivity contribution in [2.45, 2.75) is 19.3 Å². The molecule has 0 aliphatic heterocycles. The van der Waals surface area contributed by atoms with Crippen molar-refractivity contribution >= 4 is 38.6 Å². The highest BCUT2D eigenvalue weighted by Crippen LogP contribution is 2.52. The van der Waals surface area contributed by atoms with E-state index in [0.717, 1.165) is 33.0 Å². The van der Waals surface area contributed by atoms with E-state index >= 15 is 0 Å². The van der Waals surface area contributed by atoms with E-state index in [4.69, 9.17) is 8.22 Å². The molecule has 0 saturated heterocycles. The summed E-state index contributed by atoms with van der Waals surface area (Å²) in [5.74, 6) is 0. The van der Waals surface area contributed by atoms with Crippen molar-refractivity contribution in [3.8, 4) is 33.4 Å².